The van der Waals surface area contributed by atoms with Crippen molar-refractivity contribution in [2.45, 2.75) is 63.8 Å². The number of pyridine rings is 1. The fraction of sp³-hybridized carbons (Fsp3) is 0.500. The van der Waals surface area contributed by atoms with Gasteiger partial charge in [0, 0.05) is 43.4 Å². The minimum absolute atomic E-state index is 0.00618. The van der Waals surface area contributed by atoms with Gasteiger partial charge in [-0.15, -0.1) is 0 Å². The highest BCUT2D eigenvalue weighted by atomic mass is 19.1. The molecule has 2 aromatic rings. The van der Waals surface area contributed by atoms with Crippen LogP contribution in [-0.4, -0.2) is 46.3 Å². The largest absolute Gasteiger partial charge is 0.481 e. The van der Waals surface area contributed by atoms with Crippen molar-refractivity contribution in [3.63, 3.8) is 0 Å². The summed E-state index contributed by atoms with van der Waals surface area (Å²) in [5, 5.41) is 9.11. The summed E-state index contributed by atoms with van der Waals surface area (Å²) in [5.74, 6) is -1.75. The third-order valence-corrected chi connectivity index (χ3v) is 7.96. The number of fused-ring (bicyclic) bond motifs is 2. The van der Waals surface area contributed by atoms with Crippen molar-refractivity contribution in [2.75, 3.05) is 13.7 Å². The molecule has 0 saturated heterocycles. The molecule has 3 aliphatic rings. The van der Waals surface area contributed by atoms with Crippen LogP contribution in [0, 0.1) is 17.7 Å². The first-order valence-corrected chi connectivity index (χ1v) is 12.5. The molecule has 2 heterocycles. The lowest BCUT2D eigenvalue weighted by molar-refractivity contribution is -0.142. The number of amides is 1. The van der Waals surface area contributed by atoms with Crippen molar-refractivity contribution in [1.29, 1.82) is 0 Å². The average molecular weight is 495 g/mol. The summed E-state index contributed by atoms with van der Waals surface area (Å²) >= 11 is 0. The van der Waals surface area contributed by atoms with Gasteiger partial charge in [0.15, 0.2) is 5.78 Å². The number of ketones is 1. The standard InChI is InChI=1S/C28H31FN2O5/c1-28(2)8-6-16-10-15(11-20(29)25(16)28)12-22(32)26-18-4-5-23(36-3)30-21(18)7-9-31(26)27(35)19-13-17(19)14-24(33)34/h4-5,10-11,17,19,26H,6-9,12-14H2,1-3H3,(H,33,34)/t17-,19+,26?/m1/s1. The molecule has 7 nitrogen and oxygen atoms in total. The highest BCUT2D eigenvalue weighted by Gasteiger charge is 2.49. The van der Waals surface area contributed by atoms with E-state index in [2.05, 4.69) is 4.98 Å². The van der Waals surface area contributed by atoms with Crippen molar-refractivity contribution in [2.24, 2.45) is 11.8 Å². The number of carboxylic acid groups (broad SMARTS) is 1. The van der Waals surface area contributed by atoms with Gasteiger partial charge in [-0.05, 0) is 59.4 Å². The molecule has 1 unspecified atom stereocenters. The number of hydrogen-bond acceptors (Lipinski definition) is 5. The number of nitrogens with zero attached hydrogens (tertiary/aromatic N) is 2. The second-order valence-corrected chi connectivity index (χ2v) is 10.9. The average Bonchev–Trinajstić information content (AvgIpc) is 3.51. The van der Waals surface area contributed by atoms with Crippen LogP contribution in [0.2, 0.25) is 0 Å². The van der Waals surface area contributed by atoms with Gasteiger partial charge in [-0.25, -0.2) is 9.37 Å². The molecule has 1 aromatic carbocycles. The van der Waals surface area contributed by atoms with E-state index in [4.69, 9.17) is 9.84 Å². The Morgan fingerprint density at radius 1 is 1.22 bits per heavy atom. The Labute approximate surface area is 209 Å². The lowest BCUT2D eigenvalue weighted by atomic mass is 9.85. The predicted octanol–water partition coefficient (Wildman–Crippen LogP) is 3.80. The van der Waals surface area contributed by atoms with Gasteiger partial charge in [0.25, 0.3) is 0 Å². The fourth-order valence-electron chi connectivity index (χ4n) is 6.03. The maximum atomic E-state index is 15.1. The van der Waals surface area contributed by atoms with Gasteiger partial charge in [0.2, 0.25) is 11.8 Å². The second kappa shape index (κ2) is 8.98. The van der Waals surface area contributed by atoms with Crippen LogP contribution in [0.5, 0.6) is 5.88 Å². The zero-order valence-corrected chi connectivity index (χ0v) is 20.8. The van der Waals surface area contributed by atoms with Crippen LogP contribution in [-0.2, 0) is 39.1 Å². The lowest BCUT2D eigenvalue weighted by Crippen LogP contribution is -2.45. The normalized spacial score (nSPS) is 23.6. The monoisotopic (exact) mass is 494 g/mol. The second-order valence-electron chi connectivity index (χ2n) is 10.9. The number of aryl methyl sites for hydroxylation is 1. The van der Waals surface area contributed by atoms with Gasteiger partial charge in [-0.1, -0.05) is 19.9 Å². The number of hydrogen-bond donors (Lipinski definition) is 1. The van der Waals surface area contributed by atoms with Gasteiger partial charge < -0.3 is 14.7 Å². The van der Waals surface area contributed by atoms with Crippen LogP contribution in [0.15, 0.2) is 24.3 Å². The third-order valence-electron chi connectivity index (χ3n) is 7.96. The molecular formula is C28H31FN2O5. The molecule has 1 amide bonds. The van der Waals surface area contributed by atoms with Gasteiger partial charge in [0.1, 0.15) is 11.9 Å². The molecule has 0 spiro atoms. The Kier molecular flexibility index (Phi) is 6.09. The van der Waals surface area contributed by atoms with E-state index in [-0.39, 0.29) is 47.6 Å². The maximum absolute atomic E-state index is 15.1. The minimum atomic E-state index is -0.926. The number of benzene rings is 1. The minimum Gasteiger partial charge on any atom is -0.481 e. The van der Waals surface area contributed by atoms with Crippen LogP contribution in [0.4, 0.5) is 4.39 Å². The first kappa shape index (κ1) is 24.4. The van der Waals surface area contributed by atoms with Gasteiger partial charge in [-0.2, -0.15) is 0 Å². The van der Waals surface area contributed by atoms with E-state index < -0.39 is 12.0 Å². The topological polar surface area (TPSA) is 96.8 Å². The van der Waals surface area contributed by atoms with Crippen LogP contribution < -0.4 is 4.74 Å². The summed E-state index contributed by atoms with van der Waals surface area (Å²) in [4.78, 5) is 44.4. The molecule has 8 heteroatoms. The van der Waals surface area contributed by atoms with Gasteiger partial charge in [-0.3, -0.25) is 14.4 Å². The number of aromatic nitrogens is 1. The van der Waals surface area contributed by atoms with Gasteiger partial charge >= 0.3 is 5.97 Å². The maximum Gasteiger partial charge on any atom is 0.303 e. The Bertz CT molecular complexity index is 1260. The molecule has 1 aromatic heterocycles. The quantitative estimate of drug-likeness (QED) is 0.629. The van der Waals surface area contributed by atoms with Crippen molar-refractivity contribution in [1.82, 2.24) is 9.88 Å². The van der Waals surface area contributed by atoms with E-state index in [1.807, 2.05) is 19.9 Å². The number of ether oxygens (including phenoxy) is 1. The van der Waals surface area contributed by atoms with E-state index in [0.717, 1.165) is 24.0 Å². The van der Waals surface area contributed by atoms with Crippen LogP contribution >= 0.6 is 0 Å². The Morgan fingerprint density at radius 2 is 2.00 bits per heavy atom. The lowest BCUT2D eigenvalue weighted by Gasteiger charge is -2.36. The van der Waals surface area contributed by atoms with Crippen molar-refractivity contribution < 1.29 is 28.6 Å². The number of methoxy groups -OCH3 is 1. The fourth-order valence-corrected chi connectivity index (χ4v) is 6.03. The Hall–Kier alpha value is -3.29. The van der Waals surface area contributed by atoms with Crippen molar-refractivity contribution in [3.05, 3.63) is 58.0 Å². The molecule has 5 rings (SSSR count). The molecule has 1 saturated carbocycles. The number of carboxylic acids is 1. The molecule has 190 valence electrons. The third kappa shape index (κ3) is 4.38. The summed E-state index contributed by atoms with van der Waals surface area (Å²) in [6.07, 6.45) is 2.57. The van der Waals surface area contributed by atoms with E-state index in [0.29, 0.717) is 42.1 Å². The first-order chi connectivity index (χ1) is 17.1. The summed E-state index contributed by atoms with van der Waals surface area (Å²) in [6, 6.07) is 5.98. The molecule has 3 atom stereocenters. The first-order valence-electron chi connectivity index (χ1n) is 12.5. The summed E-state index contributed by atoms with van der Waals surface area (Å²) in [5.41, 5.74) is 3.41. The van der Waals surface area contributed by atoms with E-state index >= 15 is 4.39 Å². The summed E-state index contributed by atoms with van der Waals surface area (Å²) in [7, 11) is 1.52. The van der Waals surface area contributed by atoms with Crippen LogP contribution in [0.25, 0.3) is 0 Å². The van der Waals surface area contributed by atoms with E-state index in [1.54, 1.807) is 17.0 Å². The van der Waals surface area contributed by atoms with Gasteiger partial charge in [0.05, 0.1) is 12.8 Å². The zero-order valence-electron chi connectivity index (χ0n) is 20.8. The number of aliphatic carboxylic acids is 1. The molecule has 36 heavy (non-hydrogen) atoms. The SMILES string of the molecule is COc1ccc2c(n1)CCN(C(=O)[C@H]1C[C@@H]1CC(=O)O)C2C(=O)Cc1cc(F)c2c(c1)CCC2(C)C. The summed E-state index contributed by atoms with van der Waals surface area (Å²) < 4.78 is 20.3. The number of rotatable bonds is 7. The van der Waals surface area contributed by atoms with E-state index in [1.165, 1.54) is 13.2 Å². The smallest absolute Gasteiger partial charge is 0.303 e. The molecular weight excluding hydrogens is 463 g/mol. The predicted molar refractivity (Wildman–Crippen MR) is 129 cm³/mol. The number of Topliss-reactive ketones (excluding diaryl/α,β-unsaturated/α-hetero) is 1. The van der Waals surface area contributed by atoms with Crippen molar-refractivity contribution in [3.8, 4) is 5.88 Å². The number of halogens is 1. The number of carbonyl (C=O) groups is 3. The summed E-state index contributed by atoms with van der Waals surface area (Å²) in [6.45, 7) is 4.38. The molecule has 1 fully saturated rings. The molecule has 1 aliphatic heterocycles. The highest BCUT2D eigenvalue weighted by molar-refractivity contribution is 5.93. The molecule has 2 aliphatic carbocycles. The molecule has 0 radical (unpaired) electrons. The highest BCUT2D eigenvalue weighted by Crippen LogP contribution is 2.45. The Morgan fingerprint density at radius 3 is 2.72 bits per heavy atom. The zero-order chi connectivity index (χ0) is 25.8. The van der Waals surface area contributed by atoms with Crippen LogP contribution in [0.1, 0.15) is 67.1 Å². The molecule has 1 N–H and O–H groups in total. The van der Waals surface area contributed by atoms with E-state index in [9.17, 15) is 14.4 Å². The molecule has 0 bridgehead atoms. The Balaban J connectivity index is 1.45. The van der Waals surface area contributed by atoms with Crippen LogP contribution in [0.3, 0.4) is 0 Å². The number of carbonyl (C=O) groups excluding carboxylic acids is 2. The van der Waals surface area contributed by atoms with Crippen molar-refractivity contribution >= 4 is 17.7 Å².